The van der Waals surface area contributed by atoms with Gasteiger partial charge in [-0.25, -0.2) is 9.59 Å². The molecule has 1 saturated heterocycles. The van der Waals surface area contributed by atoms with Crippen LogP contribution in [0.1, 0.15) is 54.2 Å². The van der Waals surface area contributed by atoms with E-state index in [2.05, 4.69) is 6.07 Å². The Bertz CT molecular complexity index is 1630. The molecule has 0 saturated carbocycles. The van der Waals surface area contributed by atoms with Gasteiger partial charge in [0.05, 0.1) is 24.7 Å². The molecular weight excluding hydrogens is 536 g/mol. The zero-order valence-corrected chi connectivity index (χ0v) is 24.2. The molecule has 220 valence electrons. The summed E-state index contributed by atoms with van der Waals surface area (Å²) < 4.78 is 7.24. The van der Waals surface area contributed by atoms with Crippen molar-refractivity contribution in [1.82, 2.24) is 18.9 Å². The van der Waals surface area contributed by atoms with E-state index >= 15 is 0 Å². The van der Waals surface area contributed by atoms with E-state index in [0.29, 0.717) is 44.5 Å². The van der Waals surface area contributed by atoms with Gasteiger partial charge in [-0.2, -0.15) is 0 Å². The summed E-state index contributed by atoms with van der Waals surface area (Å²) >= 11 is 0. The maximum Gasteiger partial charge on any atom is 0.338 e. The number of rotatable bonds is 6. The zero-order valence-electron chi connectivity index (χ0n) is 24.2. The molecule has 0 radical (unpaired) electrons. The van der Waals surface area contributed by atoms with E-state index in [1.54, 1.807) is 43.0 Å². The minimum absolute atomic E-state index is 0.0582. The maximum atomic E-state index is 13.4. The van der Waals surface area contributed by atoms with Gasteiger partial charge in [0, 0.05) is 43.5 Å². The number of benzene rings is 2. The lowest BCUT2D eigenvalue weighted by molar-refractivity contribution is -0.136. The summed E-state index contributed by atoms with van der Waals surface area (Å²) in [5.41, 5.74) is 1.82. The first-order valence-corrected chi connectivity index (χ1v) is 14.4. The van der Waals surface area contributed by atoms with Crippen molar-refractivity contribution < 1.29 is 19.1 Å². The summed E-state index contributed by atoms with van der Waals surface area (Å²) in [7, 11) is 1.26. The van der Waals surface area contributed by atoms with Gasteiger partial charge in [0.2, 0.25) is 11.8 Å². The molecule has 2 amide bonds. The normalized spacial score (nSPS) is 15.9. The average Bonchev–Trinajstić information content (AvgIpc) is 3.16. The van der Waals surface area contributed by atoms with Gasteiger partial charge in [-0.1, -0.05) is 42.5 Å². The Morgan fingerprint density at radius 2 is 1.57 bits per heavy atom. The number of carbonyl (C=O) groups excluding carboxylic acids is 3. The third-order valence-electron chi connectivity index (χ3n) is 8.29. The van der Waals surface area contributed by atoms with Gasteiger partial charge in [-0.05, 0) is 50.3 Å². The summed E-state index contributed by atoms with van der Waals surface area (Å²) in [5.74, 6) is -0.733. The number of hydrogen-bond donors (Lipinski definition) is 0. The van der Waals surface area contributed by atoms with Crippen LogP contribution in [0.15, 0.2) is 64.3 Å². The van der Waals surface area contributed by atoms with Crippen LogP contribution in [0.3, 0.4) is 0 Å². The number of methoxy groups -OCH3 is 1. The molecule has 42 heavy (non-hydrogen) atoms. The van der Waals surface area contributed by atoms with Crippen LogP contribution < -0.4 is 11.2 Å². The Morgan fingerprint density at radius 3 is 2.26 bits per heavy atom. The first-order valence-electron chi connectivity index (χ1n) is 14.4. The van der Waals surface area contributed by atoms with E-state index in [4.69, 9.17) is 4.74 Å². The predicted octanol–water partition coefficient (Wildman–Crippen LogP) is 2.66. The van der Waals surface area contributed by atoms with Crippen LogP contribution in [0, 0.1) is 0 Å². The van der Waals surface area contributed by atoms with Crippen molar-refractivity contribution in [3.8, 4) is 11.1 Å². The number of ether oxygens (including phenoxy) is 1. The number of esters is 1. The van der Waals surface area contributed by atoms with E-state index in [0.717, 1.165) is 16.6 Å². The van der Waals surface area contributed by atoms with E-state index < -0.39 is 23.3 Å². The minimum atomic E-state index is -0.607. The number of hydrogen-bond acceptors (Lipinski definition) is 6. The Kier molecular flexibility index (Phi) is 8.42. The molecule has 5 rings (SSSR count). The van der Waals surface area contributed by atoms with Crippen molar-refractivity contribution in [3.05, 3.63) is 92.3 Å². The summed E-state index contributed by atoms with van der Waals surface area (Å²) in [6, 6.07) is 14.2. The van der Waals surface area contributed by atoms with Crippen LogP contribution in [0.2, 0.25) is 0 Å². The second kappa shape index (κ2) is 12.2. The molecule has 0 spiro atoms. The first-order chi connectivity index (χ1) is 20.2. The monoisotopic (exact) mass is 572 g/mol. The van der Waals surface area contributed by atoms with Crippen LogP contribution in [0.4, 0.5) is 0 Å². The van der Waals surface area contributed by atoms with Crippen molar-refractivity contribution in [2.75, 3.05) is 26.7 Å². The van der Waals surface area contributed by atoms with Crippen LogP contribution in [-0.2, 0) is 33.7 Å². The minimum Gasteiger partial charge on any atom is -0.465 e. The van der Waals surface area contributed by atoms with Crippen molar-refractivity contribution in [3.63, 3.8) is 0 Å². The van der Waals surface area contributed by atoms with E-state index in [1.165, 1.54) is 23.4 Å². The molecule has 0 aliphatic carbocycles. The van der Waals surface area contributed by atoms with Crippen LogP contribution in [0.25, 0.3) is 11.1 Å². The van der Waals surface area contributed by atoms with Gasteiger partial charge in [0.15, 0.2) is 0 Å². The van der Waals surface area contributed by atoms with Crippen LogP contribution >= 0.6 is 0 Å². The lowest BCUT2D eigenvalue weighted by atomic mass is 10.0. The number of likely N-dealkylation sites (tertiary alicyclic amines) is 1. The fourth-order valence-electron chi connectivity index (χ4n) is 6.04. The smallest absolute Gasteiger partial charge is 0.338 e. The second-order valence-corrected chi connectivity index (χ2v) is 11.2. The highest BCUT2D eigenvalue weighted by atomic mass is 16.5. The highest BCUT2D eigenvalue weighted by Gasteiger charge is 2.31. The number of aromatic nitrogens is 2. The van der Waals surface area contributed by atoms with E-state index in [1.807, 2.05) is 23.1 Å². The molecule has 3 aromatic rings. The van der Waals surface area contributed by atoms with Gasteiger partial charge < -0.3 is 14.5 Å². The standard InChI is InChI=1S/C32H36N4O6/c1-21(2)36-30(39)27(25-10-6-7-11-26(25)31(40)42-3)19-34(32(36)41)20-29(38)33-15-13-24(14-16-33)35-17-12-22-8-4-5-9-23(22)18-28(35)37/h4-11,19,21,24H,12-18,20H2,1-3H3. The Morgan fingerprint density at radius 1 is 0.905 bits per heavy atom. The summed E-state index contributed by atoms with van der Waals surface area (Å²) in [6.07, 6.45) is 3.89. The summed E-state index contributed by atoms with van der Waals surface area (Å²) in [5, 5.41) is 0. The molecule has 0 atom stereocenters. The van der Waals surface area contributed by atoms with Crippen molar-refractivity contribution >= 4 is 17.8 Å². The quantitative estimate of drug-likeness (QED) is 0.420. The fraction of sp³-hybridized carbons (Fsp3) is 0.406. The molecule has 2 aliphatic heterocycles. The Labute approximate surface area is 244 Å². The van der Waals surface area contributed by atoms with Crippen molar-refractivity contribution in [2.24, 2.45) is 0 Å². The largest absolute Gasteiger partial charge is 0.465 e. The van der Waals surface area contributed by atoms with E-state index in [9.17, 15) is 24.0 Å². The summed E-state index contributed by atoms with van der Waals surface area (Å²) in [4.78, 5) is 69.4. The molecule has 0 unspecified atom stereocenters. The fourth-order valence-corrected chi connectivity index (χ4v) is 6.04. The number of fused-ring (bicyclic) bond motifs is 1. The Hall–Kier alpha value is -4.47. The molecule has 1 fully saturated rings. The van der Waals surface area contributed by atoms with Crippen LogP contribution in [-0.4, -0.2) is 69.5 Å². The summed E-state index contributed by atoms with van der Waals surface area (Å²) in [6.45, 7) is 4.79. The average molecular weight is 573 g/mol. The van der Waals surface area contributed by atoms with Gasteiger partial charge in [-0.15, -0.1) is 0 Å². The number of nitrogens with zero attached hydrogens (tertiary/aromatic N) is 4. The number of amides is 2. The molecule has 10 heteroatoms. The first kappa shape index (κ1) is 29.0. The Balaban J connectivity index is 1.34. The molecule has 3 heterocycles. The number of piperidine rings is 1. The molecule has 0 N–H and O–H groups in total. The molecule has 2 aromatic carbocycles. The molecule has 0 bridgehead atoms. The SMILES string of the molecule is COC(=O)c1ccccc1-c1cn(CC(=O)N2CCC(N3CCc4ccccc4CC3=O)CC2)c(=O)n(C(C)C)c1=O. The van der Waals surface area contributed by atoms with Crippen molar-refractivity contribution in [1.29, 1.82) is 0 Å². The predicted molar refractivity (Wildman–Crippen MR) is 157 cm³/mol. The highest BCUT2D eigenvalue weighted by molar-refractivity contribution is 5.97. The molecule has 10 nitrogen and oxygen atoms in total. The van der Waals surface area contributed by atoms with E-state index in [-0.39, 0.29) is 35.5 Å². The molecule has 2 aliphatic rings. The molecule has 1 aromatic heterocycles. The third-order valence-corrected chi connectivity index (χ3v) is 8.29. The third kappa shape index (κ3) is 5.66. The van der Waals surface area contributed by atoms with Crippen LogP contribution in [0.5, 0.6) is 0 Å². The molecular formula is C32H36N4O6. The lowest BCUT2D eigenvalue weighted by Crippen LogP contribution is -2.50. The van der Waals surface area contributed by atoms with Gasteiger partial charge in [0.1, 0.15) is 6.54 Å². The van der Waals surface area contributed by atoms with Gasteiger partial charge in [0.25, 0.3) is 5.56 Å². The lowest BCUT2D eigenvalue weighted by Gasteiger charge is -2.38. The maximum absolute atomic E-state index is 13.4. The highest BCUT2D eigenvalue weighted by Crippen LogP contribution is 2.24. The zero-order chi connectivity index (χ0) is 30.0. The van der Waals surface area contributed by atoms with Gasteiger partial charge in [-0.3, -0.25) is 23.5 Å². The topological polar surface area (TPSA) is 111 Å². The second-order valence-electron chi connectivity index (χ2n) is 11.2. The van der Waals surface area contributed by atoms with Crippen molar-refractivity contribution in [2.45, 2.75) is 58.2 Å². The number of carbonyl (C=O) groups is 3. The van der Waals surface area contributed by atoms with Gasteiger partial charge >= 0.3 is 11.7 Å².